The lowest BCUT2D eigenvalue weighted by Gasteiger charge is -2.31. The number of rotatable bonds is 5. The second-order valence-corrected chi connectivity index (χ2v) is 7.48. The maximum Gasteiger partial charge on any atom is 0.120 e. The minimum Gasteiger partial charge on any atom is -0.348 e. The number of aromatic amines is 1. The van der Waals surface area contributed by atoms with E-state index in [1.807, 2.05) is 12.4 Å². The quantitative estimate of drug-likeness (QED) is 0.916. The van der Waals surface area contributed by atoms with E-state index in [1.54, 1.807) is 0 Å². The Kier molecular flexibility index (Phi) is 4.92. The van der Waals surface area contributed by atoms with Crippen LogP contribution in [0, 0.1) is 5.92 Å². The van der Waals surface area contributed by atoms with Crippen molar-refractivity contribution >= 4 is 0 Å². The van der Waals surface area contributed by atoms with Crippen LogP contribution in [0.4, 0.5) is 0 Å². The molecule has 1 aliphatic carbocycles. The van der Waals surface area contributed by atoms with Gasteiger partial charge in [0.2, 0.25) is 0 Å². The van der Waals surface area contributed by atoms with Crippen molar-refractivity contribution in [3.8, 4) is 0 Å². The summed E-state index contributed by atoms with van der Waals surface area (Å²) in [4.78, 5) is 10.1. The molecule has 1 saturated heterocycles. The summed E-state index contributed by atoms with van der Waals surface area (Å²) in [5.74, 6) is 2.37. The molecule has 6 nitrogen and oxygen atoms in total. The Labute approximate surface area is 143 Å². The first kappa shape index (κ1) is 15.8. The normalized spacial score (nSPS) is 23.6. The summed E-state index contributed by atoms with van der Waals surface area (Å²) < 4.78 is 2.09. The molecular weight excluding hydrogens is 300 g/mol. The Morgan fingerprint density at radius 2 is 2.04 bits per heavy atom. The average molecular weight is 328 g/mol. The maximum absolute atomic E-state index is 4.47. The Balaban J connectivity index is 1.32. The van der Waals surface area contributed by atoms with Gasteiger partial charge in [-0.05, 0) is 38.1 Å². The van der Waals surface area contributed by atoms with Gasteiger partial charge in [-0.15, -0.1) is 5.10 Å². The summed E-state index contributed by atoms with van der Waals surface area (Å²) in [6.45, 7) is 4.21. The number of nitrogens with zero attached hydrogens (tertiary/aromatic N) is 5. The van der Waals surface area contributed by atoms with Crippen LogP contribution in [0.5, 0.6) is 0 Å². The predicted molar refractivity (Wildman–Crippen MR) is 92.4 cm³/mol. The summed E-state index contributed by atoms with van der Waals surface area (Å²) in [6, 6.07) is 0. The number of imidazole rings is 1. The van der Waals surface area contributed by atoms with Gasteiger partial charge in [0.05, 0.1) is 12.2 Å². The number of piperidine rings is 1. The summed E-state index contributed by atoms with van der Waals surface area (Å²) in [7, 11) is 0. The summed E-state index contributed by atoms with van der Waals surface area (Å²) in [5, 5.41) is 8.89. The maximum atomic E-state index is 4.47. The number of nitrogens with one attached hydrogen (secondary N) is 1. The third kappa shape index (κ3) is 3.86. The molecule has 2 fully saturated rings. The molecule has 2 aliphatic rings. The van der Waals surface area contributed by atoms with E-state index in [-0.39, 0.29) is 0 Å². The number of hydrogen-bond acceptors (Lipinski definition) is 4. The van der Waals surface area contributed by atoms with E-state index in [4.69, 9.17) is 0 Å². The number of hydrogen-bond donors (Lipinski definition) is 1. The molecule has 0 radical (unpaired) electrons. The highest BCUT2D eigenvalue weighted by molar-refractivity contribution is 5.03. The van der Waals surface area contributed by atoms with Gasteiger partial charge in [0.25, 0.3) is 0 Å². The van der Waals surface area contributed by atoms with E-state index in [0.29, 0.717) is 11.8 Å². The third-order valence-corrected chi connectivity index (χ3v) is 5.56. The van der Waals surface area contributed by atoms with Gasteiger partial charge in [-0.3, -0.25) is 9.58 Å². The van der Waals surface area contributed by atoms with Crippen molar-refractivity contribution in [1.82, 2.24) is 29.9 Å². The van der Waals surface area contributed by atoms with Gasteiger partial charge in [-0.2, -0.15) is 0 Å². The van der Waals surface area contributed by atoms with Crippen molar-refractivity contribution in [2.45, 2.75) is 64.0 Å². The highest BCUT2D eigenvalue weighted by Gasteiger charge is 2.23. The first-order valence-electron chi connectivity index (χ1n) is 9.47. The van der Waals surface area contributed by atoms with Crippen molar-refractivity contribution in [3.05, 3.63) is 30.1 Å². The van der Waals surface area contributed by atoms with E-state index in [1.165, 1.54) is 57.2 Å². The minimum absolute atomic E-state index is 0.648. The zero-order chi connectivity index (χ0) is 16.2. The van der Waals surface area contributed by atoms with Crippen LogP contribution >= 0.6 is 0 Å². The molecule has 1 aliphatic heterocycles. The van der Waals surface area contributed by atoms with Crippen molar-refractivity contribution < 1.29 is 0 Å². The molecule has 130 valence electrons. The van der Waals surface area contributed by atoms with Crippen LogP contribution in [0.3, 0.4) is 0 Å². The molecule has 1 N–H and O–H groups in total. The van der Waals surface area contributed by atoms with Gasteiger partial charge in [-0.1, -0.05) is 24.5 Å². The van der Waals surface area contributed by atoms with Crippen LogP contribution < -0.4 is 0 Å². The first-order valence-corrected chi connectivity index (χ1v) is 9.47. The highest BCUT2D eigenvalue weighted by Crippen LogP contribution is 2.31. The van der Waals surface area contributed by atoms with E-state index in [2.05, 4.69) is 36.1 Å². The number of aromatic nitrogens is 5. The van der Waals surface area contributed by atoms with Gasteiger partial charge >= 0.3 is 0 Å². The Bertz CT molecular complexity index is 613. The van der Waals surface area contributed by atoms with Crippen LogP contribution in [0.1, 0.15) is 62.4 Å². The van der Waals surface area contributed by atoms with Crippen LogP contribution in [0.25, 0.3) is 0 Å². The number of likely N-dealkylation sites (tertiary alicyclic amines) is 1. The average Bonchev–Trinajstić information content (AvgIpc) is 3.28. The van der Waals surface area contributed by atoms with Crippen molar-refractivity contribution in [1.29, 1.82) is 0 Å². The third-order valence-electron chi connectivity index (χ3n) is 5.56. The van der Waals surface area contributed by atoms with Crippen molar-refractivity contribution in [3.63, 3.8) is 0 Å². The zero-order valence-corrected chi connectivity index (χ0v) is 14.4. The Morgan fingerprint density at radius 3 is 2.88 bits per heavy atom. The Hall–Kier alpha value is -1.69. The molecule has 0 amide bonds. The predicted octanol–water partition coefficient (Wildman–Crippen LogP) is 2.96. The molecule has 0 spiro atoms. The second-order valence-electron chi connectivity index (χ2n) is 7.48. The molecular formula is C18H28N6. The van der Waals surface area contributed by atoms with Gasteiger partial charge < -0.3 is 4.98 Å². The molecule has 24 heavy (non-hydrogen) atoms. The smallest absolute Gasteiger partial charge is 0.120 e. The van der Waals surface area contributed by atoms with Gasteiger partial charge in [0.1, 0.15) is 5.82 Å². The molecule has 3 heterocycles. The SMILES string of the molecule is c1c[nH]c(CN2CCCC(Cn3cc(C4CCCCC4)nn3)C2)n1. The monoisotopic (exact) mass is 328 g/mol. The molecule has 2 aromatic rings. The molecule has 4 rings (SSSR count). The first-order chi connectivity index (χ1) is 11.9. The molecule has 1 saturated carbocycles. The molecule has 2 aromatic heterocycles. The van der Waals surface area contributed by atoms with Crippen LogP contribution in [-0.4, -0.2) is 43.0 Å². The zero-order valence-electron chi connectivity index (χ0n) is 14.4. The van der Waals surface area contributed by atoms with Gasteiger partial charge in [-0.25, -0.2) is 4.98 Å². The van der Waals surface area contributed by atoms with Crippen LogP contribution in [0.15, 0.2) is 18.6 Å². The molecule has 1 unspecified atom stereocenters. The lowest BCUT2D eigenvalue weighted by molar-refractivity contribution is 0.150. The molecule has 0 bridgehead atoms. The van der Waals surface area contributed by atoms with E-state index < -0.39 is 0 Å². The lowest BCUT2D eigenvalue weighted by Crippen LogP contribution is -2.36. The van der Waals surface area contributed by atoms with E-state index in [9.17, 15) is 0 Å². The fourth-order valence-electron chi connectivity index (χ4n) is 4.29. The van der Waals surface area contributed by atoms with E-state index >= 15 is 0 Å². The second kappa shape index (κ2) is 7.47. The molecule has 6 heteroatoms. The van der Waals surface area contributed by atoms with Crippen molar-refractivity contribution in [2.75, 3.05) is 13.1 Å². The molecule has 1 atom stereocenters. The van der Waals surface area contributed by atoms with Crippen LogP contribution in [0.2, 0.25) is 0 Å². The van der Waals surface area contributed by atoms with E-state index in [0.717, 1.165) is 25.5 Å². The minimum atomic E-state index is 0.648. The topological polar surface area (TPSA) is 62.6 Å². The highest BCUT2D eigenvalue weighted by atomic mass is 15.4. The molecule has 0 aromatic carbocycles. The summed E-state index contributed by atoms with van der Waals surface area (Å²) in [6.07, 6.45) is 15.2. The number of H-pyrrole nitrogens is 1. The fourth-order valence-corrected chi connectivity index (χ4v) is 4.29. The standard InChI is InChI=1S/C18H28N6/c1-2-6-16(7-3-1)17-13-24(22-21-17)12-15-5-4-10-23(11-15)14-18-19-8-9-20-18/h8-9,13,15-16H,1-7,10-12,14H2,(H,19,20). The Morgan fingerprint density at radius 1 is 1.12 bits per heavy atom. The van der Waals surface area contributed by atoms with Crippen LogP contribution in [-0.2, 0) is 13.1 Å². The largest absolute Gasteiger partial charge is 0.348 e. The lowest BCUT2D eigenvalue weighted by atomic mass is 9.87. The fraction of sp³-hybridized carbons (Fsp3) is 0.722. The summed E-state index contributed by atoms with van der Waals surface area (Å²) >= 11 is 0. The summed E-state index contributed by atoms with van der Waals surface area (Å²) in [5.41, 5.74) is 1.22. The van der Waals surface area contributed by atoms with Gasteiger partial charge in [0, 0.05) is 37.6 Å². The van der Waals surface area contributed by atoms with Gasteiger partial charge in [0.15, 0.2) is 0 Å². The van der Waals surface area contributed by atoms with Crippen molar-refractivity contribution in [2.24, 2.45) is 5.92 Å².